The summed E-state index contributed by atoms with van der Waals surface area (Å²) in [5, 5.41) is 10.9. The number of non-ortho nitro benzene ring substituents is 1. The van der Waals surface area contributed by atoms with Crippen molar-refractivity contribution in [2.75, 3.05) is 18.6 Å². The van der Waals surface area contributed by atoms with Crippen LogP contribution in [-0.4, -0.2) is 36.6 Å². The van der Waals surface area contributed by atoms with Gasteiger partial charge in [0.15, 0.2) is 6.10 Å². The first kappa shape index (κ1) is 18.4. The SMILES string of the molecule is COc1ccc([N+](=O)[O-])cc1C(=O)O[C@H](C)C(=O)N1CCc2ccccc21. The molecule has 2 aromatic rings. The van der Waals surface area contributed by atoms with Gasteiger partial charge in [0.25, 0.3) is 11.6 Å². The molecule has 8 nitrogen and oxygen atoms in total. The molecule has 140 valence electrons. The van der Waals surface area contributed by atoms with Crippen LogP contribution in [0.1, 0.15) is 22.8 Å². The molecule has 0 fully saturated rings. The van der Waals surface area contributed by atoms with Gasteiger partial charge in [-0.25, -0.2) is 4.79 Å². The Kier molecular flexibility index (Phi) is 5.07. The lowest BCUT2D eigenvalue weighted by Crippen LogP contribution is -2.39. The number of methoxy groups -OCH3 is 1. The minimum atomic E-state index is -1.05. The number of hydrogen-bond acceptors (Lipinski definition) is 6. The van der Waals surface area contributed by atoms with Crippen LogP contribution < -0.4 is 9.64 Å². The van der Waals surface area contributed by atoms with Crippen molar-refractivity contribution in [3.63, 3.8) is 0 Å². The summed E-state index contributed by atoms with van der Waals surface area (Å²) < 4.78 is 10.3. The molecule has 0 saturated heterocycles. The van der Waals surface area contributed by atoms with Crippen LogP contribution in [0.5, 0.6) is 5.75 Å². The molecule has 0 spiro atoms. The minimum absolute atomic E-state index is 0.104. The molecular weight excluding hydrogens is 352 g/mol. The van der Waals surface area contributed by atoms with Gasteiger partial charge in [-0.3, -0.25) is 14.9 Å². The number of esters is 1. The Bertz CT molecular complexity index is 911. The molecule has 1 aliphatic heterocycles. The molecule has 27 heavy (non-hydrogen) atoms. The van der Waals surface area contributed by atoms with E-state index in [-0.39, 0.29) is 22.9 Å². The summed E-state index contributed by atoms with van der Waals surface area (Å²) in [6.07, 6.45) is -0.311. The standard InChI is InChI=1S/C19H18N2O6/c1-12(18(22)20-10-9-13-5-3-4-6-16(13)20)27-19(23)15-11-14(21(24)25)7-8-17(15)26-2/h3-8,11-12H,9-10H2,1-2H3/t12-/m1/s1. The molecule has 3 rings (SSSR count). The summed E-state index contributed by atoms with van der Waals surface area (Å²) >= 11 is 0. The van der Waals surface area contributed by atoms with Crippen LogP contribution in [0.25, 0.3) is 0 Å². The van der Waals surface area contributed by atoms with Crippen LogP contribution in [0.4, 0.5) is 11.4 Å². The molecule has 8 heteroatoms. The summed E-state index contributed by atoms with van der Waals surface area (Å²) in [5.74, 6) is -1.07. The molecule has 0 radical (unpaired) electrons. The van der Waals surface area contributed by atoms with E-state index in [1.807, 2.05) is 24.3 Å². The van der Waals surface area contributed by atoms with E-state index in [1.54, 1.807) is 4.90 Å². The summed E-state index contributed by atoms with van der Waals surface area (Å²) in [6, 6.07) is 11.2. The van der Waals surface area contributed by atoms with E-state index in [0.29, 0.717) is 6.54 Å². The second-order valence-electron chi connectivity index (χ2n) is 6.06. The molecule has 0 bridgehead atoms. The summed E-state index contributed by atoms with van der Waals surface area (Å²) in [6.45, 7) is 1.99. The Morgan fingerprint density at radius 2 is 1.96 bits per heavy atom. The zero-order valence-corrected chi connectivity index (χ0v) is 14.9. The normalized spacial score (nSPS) is 13.6. The number of anilines is 1. The van der Waals surface area contributed by atoms with Crippen molar-refractivity contribution in [3.05, 3.63) is 63.7 Å². The Balaban J connectivity index is 1.77. The van der Waals surface area contributed by atoms with Crippen molar-refractivity contribution in [3.8, 4) is 5.75 Å². The highest BCUT2D eigenvalue weighted by molar-refractivity contribution is 6.01. The molecule has 0 aliphatic carbocycles. The van der Waals surface area contributed by atoms with E-state index >= 15 is 0 Å². The van der Waals surface area contributed by atoms with Crippen molar-refractivity contribution >= 4 is 23.3 Å². The molecule has 2 aromatic carbocycles. The van der Waals surface area contributed by atoms with Crippen molar-refractivity contribution < 1.29 is 24.0 Å². The number of carbonyl (C=O) groups excluding carboxylic acids is 2. The predicted molar refractivity (Wildman–Crippen MR) is 97.0 cm³/mol. The molecule has 1 atom stereocenters. The van der Waals surface area contributed by atoms with E-state index in [0.717, 1.165) is 23.7 Å². The average molecular weight is 370 g/mol. The van der Waals surface area contributed by atoms with Crippen molar-refractivity contribution in [2.24, 2.45) is 0 Å². The summed E-state index contributed by atoms with van der Waals surface area (Å²) in [4.78, 5) is 37.1. The van der Waals surface area contributed by atoms with Gasteiger partial charge in [-0.15, -0.1) is 0 Å². The Labute approximate surface area is 155 Å². The number of hydrogen-bond donors (Lipinski definition) is 0. The first-order chi connectivity index (χ1) is 12.9. The van der Waals surface area contributed by atoms with E-state index in [1.165, 1.54) is 26.2 Å². The highest BCUT2D eigenvalue weighted by Crippen LogP contribution is 2.29. The molecule has 0 N–H and O–H groups in total. The first-order valence-corrected chi connectivity index (χ1v) is 8.35. The summed E-state index contributed by atoms with van der Waals surface area (Å²) in [7, 11) is 1.34. The third-order valence-corrected chi connectivity index (χ3v) is 4.40. The van der Waals surface area contributed by atoms with Gasteiger partial charge in [-0.2, -0.15) is 0 Å². The molecule has 1 amide bonds. The van der Waals surface area contributed by atoms with Crippen molar-refractivity contribution in [1.82, 2.24) is 0 Å². The fraction of sp³-hybridized carbons (Fsp3) is 0.263. The molecule has 1 aliphatic rings. The first-order valence-electron chi connectivity index (χ1n) is 8.35. The molecule has 0 aromatic heterocycles. The number of para-hydroxylation sites is 1. The fourth-order valence-corrected chi connectivity index (χ4v) is 3.03. The van der Waals surface area contributed by atoms with Gasteiger partial charge in [0.2, 0.25) is 0 Å². The zero-order chi connectivity index (χ0) is 19.6. The Morgan fingerprint density at radius 3 is 2.67 bits per heavy atom. The van der Waals surface area contributed by atoms with Crippen molar-refractivity contribution in [1.29, 1.82) is 0 Å². The predicted octanol–water partition coefficient (Wildman–Crippen LogP) is 2.74. The number of amides is 1. The number of ether oxygens (including phenoxy) is 2. The van der Waals surface area contributed by atoms with Gasteiger partial charge in [0.05, 0.1) is 12.0 Å². The minimum Gasteiger partial charge on any atom is -0.496 e. The monoisotopic (exact) mass is 370 g/mol. The smallest absolute Gasteiger partial charge is 0.342 e. The zero-order valence-electron chi connectivity index (χ0n) is 14.9. The molecule has 0 unspecified atom stereocenters. The van der Waals surface area contributed by atoms with Gasteiger partial charge >= 0.3 is 5.97 Å². The molecule has 1 heterocycles. The van der Waals surface area contributed by atoms with Gasteiger partial charge in [0, 0.05) is 24.4 Å². The topological polar surface area (TPSA) is 99.0 Å². The lowest BCUT2D eigenvalue weighted by Gasteiger charge is -2.22. The van der Waals surface area contributed by atoms with E-state index in [2.05, 4.69) is 0 Å². The number of nitro groups is 1. The van der Waals surface area contributed by atoms with Crippen molar-refractivity contribution in [2.45, 2.75) is 19.4 Å². The highest BCUT2D eigenvalue weighted by Gasteiger charge is 2.30. The maximum Gasteiger partial charge on any atom is 0.342 e. The molecule has 0 saturated carbocycles. The second-order valence-corrected chi connectivity index (χ2v) is 6.06. The van der Waals surface area contributed by atoms with E-state index in [9.17, 15) is 19.7 Å². The summed E-state index contributed by atoms with van der Waals surface area (Å²) in [5.41, 5.74) is 1.49. The Hall–Kier alpha value is -3.42. The quantitative estimate of drug-likeness (QED) is 0.456. The maximum atomic E-state index is 12.7. The number of nitrogens with zero attached hydrogens (tertiary/aromatic N) is 2. The van der Waals surface area contributed by atoms with Crippen LogP contribution in [-0.2, 0) is 16.0 Å². The third-order valence-electron chi connectivity index (χ3n) is 4.40. The average Bonchev–Trinajstić information content (AvgIpc) is 3.10. The Morgan fingerprint density at radius 1 is 1.22 bits per heavy atom. The largest absolute Gasteiger partial charge is 0.496 e. The third kappa shape index (κ3) is 3.59. The highest BCUT2D eigenvalue weighted by atomic mass is 16.6. The van der Waals surface area contributed by atoms with Crippen LogP contribution in [0.3, 0.4) is 0 Å². The van der Waals surface area contributed by atoms with Crippen LogP contribution >= 0.6 is 0 Å². The number of fused-ring (bicyclic) bond motifs is 1. The fourth-order valence-electron chi connectivity index (χ4n) is 3.03. The number of benzene rings is 2. The van der Waals surface area contributed by atoms with Gasteiger partial charge in [-0.05, 0) is 31.0 Å². The van der Waals surface area contributed by atoms with Crippen LogP contribution in [0.2, 0.25) is 0 Å². The van der Waals surface area contributed by atoms with E-state index in [4.69, 9.17) is 9.47 Å². The number of nitro benzene ring substituents is 1. The van der Waals surface area contributed by atoms with E-state index < -0.39 is 17.0 Å². The van der Waals surface area contributed by atoms with Crippen LogP contribution in [0.15, 0.2) is 42.5 Å². The van der Waals surface area contributed by atoms with Crippen LogP contribution in [0, 0.1) is 10.1 Å². The second kappa shape index (κ2) is 7.45. The maximum absolute atomic E-state index is 12.7. The number of carbonyl (C=O) groups is 2. The van der Waals surface area contributed by atoms with Gasteiger partial charge < -0.3 is 14.4 Å². The van der Waals surface area contributed by atoms with Gasteiger partial charge in [0.1, 0.15) is 11.3 Å². The molecular formula is C19H18N2O6. The number of rotatable bonds is 5. The lowest BCUT2D eigenvalue weighted by atomic mass is 10.1. The van der Waals surface area contributed by atoms with Gasteiger partial charge in [-0.1, -0.05) is 18.2 Å². The lowest BCUT2D eigenvalue weighted by molar-refractivity contribution is -0.384.